The number of aryl methyl sites for hydroxylation is 1. The predicted octanol–water partition coefficient (Wildman–Crippen LogP) is 2.58. The van der Waals surface area contributed by atoms with Gasteiger partial charge in [0.1, 0.15) is 17.0 Å². The highest BCUT2D eigenvalue weighted by atomic mass is 19.1. The van der Waals surface area contributed by atoms with E-state index < -0.39 is 11.8 Å². The summed E-state index contributed by atoms with van der Waals surface area (Å²) >= 11 is 0. The molecule has 19 heavy (non-hydrogen) atoms. The molecule has 6 heteroatoms. The van der Waals surface area contributed by atoms with Gasteiger partial charge in [0.2, 0.25) is 0 Å². The SMILES string of the molecule is COC(=O)c1c(-c2ccc(OC)c(F)c2)noc1C. The Hall–Kier alpha value is -2.37. The van der Waals surface area contributed by atoms with Crippen molar-refractivity contribution >= 4 is 5.97 Å². The number of carbonyl (C=O) groups is 1. The maximum Gasteiger partial charge on any atom is 0.343 e. The van der Waals surface area contributed by atoms with E-state index >= 15 is 0 Å². The van der Waals surface area contributed by atoms with Gasteiger partial charge in [0.25, 0.3) is 0 Å². The first-order valence-corrected chi connectivity index (χ1v) is 5.47. The minimum Gasteiger partial charge on any atom is -0.494 e. The molecular formula is C13H12FNO4. The maximum absolute atomic E-state index is 13.7. The highest BCUT2D eigenvalue weighted by Crippen LogP contribution is 2.29. The fraction of sp³-hybridized carbons (Fsp3) is 0.231. The van der Waals surface area contributed by atoms with Crippen LogP contribution in [0, 0.1) is 12.7 Å². The predicted molar refractivity (Wildman–Crippen MR) is 64.5 cm³/mol. The summed E-state index contributed by atoms with van der Waals surface area (Å²) in [5, 5.41) is 3.77. The molecule has 0 N–H and O–H groups in total. The third-order valence-electron chi connectivity index (χ3n) is 2.68. The molecule has 100 valence electrons. The zero-order valence-corrected chi connectivity index (χ0v) is 10.7. The molecule has 1 aromatic carbocycles. The van der Waals surface area contributed by atoms with Crippen LogP contribution in [0.3, 0.4) is 0 Å². The Bertz CT molecular complexity index is 621. The van der Waals surface area contributed by atoms with Crippen molar-refractivity contribution in [3.63, 3.8) is 0 Å². The number of rotatable bonds is 3. The van der Waals surface area contributed by atoms with Crippen LogP contribution in [0.25, 0.3) is 11.3 Å². The zero-order valence-electron chi connectivity index (χ0n) is 10.7. The number of aromatic nitrogens is 1. The molecule has 0 atom stereocenters. The summed E-state index contributed by atoms with van der Waals surface area (Å²) in [5.74, 6) is -0.692. The molecule has 0 aliphatic carbocycles. The summed E-state index contributed by atoms with van der Waals surface area (Å²) in [4.78, 5) is 11.7. The number of esters is 1. The number of nitrogens with zero attached hydrogens (tertiary/aromatic N) is 1. The highest BCUT2D eigenvalue weighted by molar-refractivity contribution is 5.97. The van der Waals surface area contributed by atoms with E-state index in [0.29, 0.717) is 11.3 Å². The van der Waals surface area contributed by atoms with Crippen molar-refractivity contribution in [2.75, 3.05) is 14.2 Å². The van der Waals surface area contributed by atoms with Crippen LogP contribution in [-0.2, 0) is 4.74 Å². The standard InChI is InChI=1S/C13H12FNO4/c1-7-11(13(16)18-3)12(15-19-7)8-4-5-10(17-2)9(14)6-8/h4-6H,1-3H3. The summed E-state index contributed by atoms with van der Waals surface area (Å²) < 4.78 is 28.1. The van der Waals surface area contributed by atoms with Gasteiger partial charge in [-0.3, -0.25) is 0 Å². The summed E-state index contributed by atoms with van der Waals surface area (Å²) in [6.07, 6.45) is 0. The largest absolute Gasteiger partial charge is 0.494 e. The first-order chi connectivity index (χ1) is 9.08. The third kappa shape index (κ3) is 2.29. The van der Waals surface area contributed by atoms with Crippen LogP contribution in [0.5, 0.6) is 5.75 Å². The number of carbonyl (C=O) groups excluding carboxylic acids is 1. The minimum atomic E-state index is -0.579. The number of hydrogen-bond acceptors (Lipinski definition) is 5. The van der Waals surface area contributed by atoms with E-state index in [1.165, 1.54) is 26.4 Å². The molecule has 0 aliphatic rings. The van der Waals surface area contributed by atoms with Crippen LogP contribution in [0.1, 0.15) is 16.1 Å². The molecule has 0 fully saturated rings. The average molecular weight is 265 g/mol. The Labute approximate surface area is 108 Å². The Kier molecular flexibility index (Phi) is 3.50. The van der Waals surface area contributed by atoms with Crippen LogP contribution in [-0.4, -0.2) is 25.3 Å². The zero-order chi connectivity index (χ0) is 14.0. The highest BCUT2D eigenvalue weighted by Gasteiger charge is 2.22. The van der Waals surface area contributed by atoms with Gasteiger partial charge < -0.3 is 14.0 Å². The molecule has 1 aromatic heterocycles. The molecule has 0 saturated heterocycles. The molecule has 0 unspecified atom stereocenters. The molecule has 0 bridgehead atoms. The molecule has 2 rings (SSSR count). The van der Waals surface area contributed by atoms with E-state index in [-0.39, 0.29) is 17.0 Å². The van der Waals surface area contributed by atoms with Gasteiger partial charge in [0.05, 0.1) is 14.2 Å². The lowest BCUT2D eigenvalue weighted by atomic mass is 10.1. The van der Waals surface area contributed by atoms with Gasteiger partial charge in [0.15, 0.2) is 11.6 Å². The van der Waals surface area contributed by atoms with E-state index in [1.807, 2.05) is 0 Å². The van der Waals surface area contributed by atoms with Gasteiger partial charge in [0, 0.05) is 5.56 Å². The van der Waals surface area contributed by atoms with Gasteiger partial charge >= 0.3 is 5.97 Å². The summed E-state index contributed by atoms with van der Waals surface area (Å²) in [5.41, 5.74) is 0.841. The first-order valence-electron chi connectivity index (χ1n) is 5.47. The van der Waals surface area contributed by atoms with Crippen molar-refractivity contribution in [3.8, 4) is 17.0 Å². The molecule has 0 spiro atoms. The number of methoxy groups -OCH3 is 2. The van der Waals surface area contributed by atoms with E-state index in [4.69, 9.17) is 9.26 Å². The van der Waals surface area contributed by atoms with Crippen molar-refractivity contribution in [2.24, 2.45) is 0 Å². The van der Waals surface area contributed by atoms with Crippen LogP contribution in [0.4, 0.5) is 4.39 Å². The molecule has 0 aliphatic heterocycles. The molecule has 0 amide bonds. The normalized spacial score (nSPS) is 10.3. The maximum atomic E-state index is 13.7. The van der Waals surface area contributed by atoms with E-state index in [1.54, 1.807) is 13.0 Å². The fourth-order valence-corrected chi connectivity index (χ4v) is 1.73. The first kappa shape index (κ1) is 13.1. The monoisotopic (exact) mass is 265 g/mol. The molecule has 5 nitrogen and oxygen atoms in total. The lowest BCUT2D eigenvalue weighted by Gasteiger charge is -2.04. The topological polar surface area (TPSA) is 61.6 Å². The van der Waals surface area contributed by atoms with Crippen molar-refractivity contribution in [3.05, 3.63) is 35.3 Å². The summed E-state index contributed by atoms with van der Waals surface area (Å²) in [6.45, 7) is 1.59. The van der Waals surface area contributed by atoms with Crippen molar-refractivity contribution in [2.45, 2.75) is 6.92 Å². The Morgan fingerprint density at radius 1 is 1.37 bits per heavy atom. The van der Waals surface area contributed by atoms with Gasteiger partial charge in [-0.25, -0.2) is 9.18 Å². The smallest absolute Gasteiger partial charge is 0.343 e. The molecule has 1 heterocycles. The summed E-state index contributed by atoms with van der Waals surface area (Å²) in [7, 11) is 2.63. The van der Waals surface area contributed by atoms with E-state index in [0.717, 1.165) is 0 Å². The number of halogens is 1. The van der Waals surface area contributed by atoms with E-state index in [2.05, 4.69) is 9.89 Å². The Morgan fingerprint density at radius 2 is 2.11 bits per heavy atom. The van der Waals surface area contributed by atoms with Gasteiger partial charge in [-0.05, 0) is 25.1 Å². The molecule has 2 aromatic rings. The second-order valence-corrected chi connectivity index (χ2v) is 3.80. The van der Waals surface area contributed by atoms with Crippen LogP contribution >= 0.6 is 0 Å². The van der Waals surface area contributed by atoms with Crippen molar-refractivity contribution in [1.82, 2.24) is 5.16 Å². The lowest BCUT2D eigenvalue weighted by Crippen LogP contribution is -2.03. The van der Waals surface area contributed by atoms with Gasteiger partial charge in [-0.15, -0.1) is 0 Å². The molecular weight excluding hydrogens is 253 g/mol. The second kappa shape index (κ2) is 5.09. The number of hydrogen-bond donors (Lipinski definition) is 0. The van der Waals surface area contributed by atoms with Crippen molar-refractivity contribution < 1.29 is 23.2 Å². The fourth-order valence-electron chi connectivity index (χ4n) is 1.73. The Balaban J connectivity index is 2.53. The summed E-state index contributed by atoms with van der Waals surface area (Å²) in [6, 6.07) is 4.27. The van der Waals surface area contributed by atoms with Crippen molar-refractivity contribution in [1.29, 1.82) is 0 Å². The Morgan fingerprint density at radius 3 is 2.68 bits per heavy atom. The van der Waals surface area contributed by atoms with Crippen LogP contribution in [0.2, 0.25) is 0 Å². The van der Waals surface area contributed by atoms with Crippen LogP contribution < -0.4 is 4.74 Å². The van der Waals surface area contributed by atoms with Gasteiger partial charge in [-0.2, -0.15) is 0 Å². The van der Waals surface area contributed by atoms with E-state index in [9.17, 15) is 9.18 Å². The van der Waals surface area contributed by atoms with Crippen LogP contribution in [0.15, 0.2) is 22.7 Å². The third-order valence-corrected chi connectivity index (χ3v) is 2.68. The number of ether oxygens (including phenoxy) is 2. The number of benzene rings is 1. The lowest BCUT2D eigenvalue weighted by molar-refractivity contribution is 0.0599. The second-order valence-electron chi connectivity index (χ2n) is 3.80. The molecule has 0 saturated carbocycles. The average Bonchev–Trinajstić information content (AvgIpc) is 2.79. The quantitative estimate of drug-likeness (QED) is 0.798. The molecule has 0 radical (unpaired) electrons. The van der Waals surface area contributed by atoms with Gasteiger partial charge in [-0.1, -0.05) is 5.16 Å². The minimum absolute atomic E-state index is 0.114.